The second-order valence-electron chi connectivity index (χ2n) is 10.9. The Balaban J connectivity index is 1.31. The highest BCUT2D eigenvalue weighted by atomic mass is 35.5. The first kappa shape index (κ1) is 26.8. The van der Waals surface area contributed by atoms with Crippen molar-refractivity contribution in [3.63, 3.8) is 0 Å². The van der Waals surface area contributed by atoms with Gasteiger partial charge in [0.15, 0.2) is 0 Å². The quantitative estimate of drug-likeness (QED) is 0.172. The van der Waals surface area contributed by atoms with Gasteiger partial charge in [-0.2, -0.15) is 0 Å². The van der Waals surface area contributed by atoms with E-state index in [9.17, 15) is 4.79 Å². The predicted molar refractivity (Wildman–Crippen MR) is 169 cm³/mol. The van der Waals surface area contributed by atoms with Gasteiger partial charge >= 0.3 is 6.03 Å². The standard InChI is InChI=1S/C33H30Cl2N6O/c34-23-5-9-25(10-6-23)37-29-19-30-32(20-28(29)36-21-22-13-15-39(16-14-22)33(42)40-17-18-40)41(26-11-7-24(35)8-12-26)31-4-2-1-3-27(31)38-30/h1-12,19-20,22,37H,13-18,21H2. The molecular formula is C33H30Cl2N6O. The van der Waals surface area contributed by atoms with E-state index in [2.05, 4.69) is 28.1 Å². The van der Waals surface area contributed by atoms with Gasteiger partial charge in [0, 0.05) is 54.1 Å². The van der Waals surface area contributed by atoms with Crippen molar-refractivity contribution in [1.29, 1.82) is 0 Å². The number of hydrogen-bond donors (Lipinski definition) is 1. The molecule has 1 aliphatic carbocycles. The zero-order valence-electron chi connectivity index (χ0n) is 23.0. The van der Waals surface area contributed by atoms with Crippen LogP contribution in [0.5, 0.6) is 0 Å². The Kier molecular flexibility index (Phi) is 7.22. The molecule has 0 aromatic heterocycles. The van der Waals surface area contributed by atoms with Crippen LogP contribution in [0.2, 0.25) is 10.0 Å². The van der Waals surface area contributed by atoms with Crippen LogP contribution in [-0.2, 0) is 0 Å². The van der Waals surface area contributed by atoms with Gasteiger partial charge in [-0.15, -0.1) is 0 Å². The fourth-order valence-corrected chi connectivity index (χ4v) is 5.86. The summed E-state index contributed by atoms with van der Waals surface area (Å²) in [6.07, 6.45) is 1.90. The summed E-state index contributed by atoms with van der Waals surface area (Å²) in [7, 11) is 0. The van der Waals surface area contributed by atoms with Gasteiger partial charge in [-0.3, -0.25) is 4.99 Å². The number of aromatic nitrogens is 2. The van der Waals surface area contributed by atoms with E-state index in [1.54, 1.807) is 0 Å². The van der Waals surface area contributed by atoms with Gasteiger partial charge in [-0.25, -0.2) is 9.78 Å². The van der Waals surface area contributed by atoms with Crippen molar-refractivity contribution >= 4 is 51.6 Å². The maximum atomic E-state index is 12.5. The first-order valence-electron chi connectivity index (χ1n) is 14.3. The Labute approximate surface area is 254 Å². The molecule has 0 radical (unpaired) electrons. The Morgan fingerprint density at radius 1 is 0.857 bits per heavy atom. The highest BCUT2D eigenvalue weighted by Crippen LogP contribution is 2.31. The molecule has 2 amide bonds. The van der Waals surface area contributed by atoms with E-state index < -0.39 is 0 Å². The Morgan fingerprint density at radius 2 is 1.52 bits per heavy atom. The van der Waals surface area contributed by atoms with E-state index in [0.717, 1.165) is 83.9 Å². The average Bonchev–Trinajstić information content (AvgIpc) is 3.86. The van der Waals surface area contributed by atoms with Gasteiger partial charge in [0.25, 0.3) is 0 Å². The number of benzene rings is 4. The topological polar surface area (TPSA) is 65.5 Å². The lowest BCUT2D eigenvalue weighted by Gasteiger charge is -2.31. The molecule has 3 heterocycles. The third-order valence-electron chi connectivity index (χ3n) is 8.03. The van der Waals surface area contributed by atoms with Crippen LogP contribution in [0.1, 0.15) is 12.8 Å². The van der Waals surface area contributed by atoms with Gasteiger partial charge in [-0.1, -0.05) is 35.3 Å². The van der Waals surface area contributed by atoms with Crippen molar-refractivity contribution in [2.24, 2.45) is 10.9 Å². The van der Waals surface area contributed by atoms with Crippen molar-refractivity contribution in [3.05, 3.63) is 100 Å². The number of amides is 2. The average molecular weight is 598 g/mol. The van der Waals surface area contributed by atoms with Crippen LogP contribution < -0.4 is 10.7 Å². The number of anilines is 2. The number of nitrogens with one attached hydrogen (secondary N) is 1. The molecular weight excluding hydrogens is 567 g/mol. The molecule has 0 bridgehead atoms. The molecule has 1 N–H and O–H groups in total. The molecule has 3 aromatic carbocycles. The van der Waals surface area contributed by atoms with E-state index in [0.29, 0.717) is 22.5 Å². The molecule has 4 aliphatic rings. The molecule has 0 atom stereocenters. The van der Waals surface area contributed by atoms with Crippen LogP contribution in [0.4, 0.5) is 16.2 Å². The summed E-state index contributed by atoms with van der Waals surface area (Å²) >= 11 is 12.4. The van der Waals surface area contributed by atoms with E-state index in [4.69, 9.17) is 33.2 Å². The van der Waals surface area contributed by atoms with Gasteiger partial charge in [-0.05, 0) is 91.6 Å². The molecule has 7 nitrogen and oxygen atoms in total. The van der Waals surface area contributed by atoms with Crippen molar-refractivity contribution in [2.75, 3.05) is 38.0 Å². The number of carbonyl (C=O) groups excluding carboxylic acids is 1. The number of carbonyl (C=O) groups is 1. The molecule has 2 fully saturated rings. The zero-order valence-corrected chi connectivity index (χ0v) is 24.5. The van der Waals surface area contributed by atoms with E-state index in [1.807, 2.05) is 76.5 Å². The molecule has 0 unspecified atom stereocenters. The molecule has 0 spiro atoms. The number of para-hydroxylation sites is 2. The number of rotatable bonds is 5. The molecule has 9 heteroatoms. The van der Waals surface area contributed by atoms with Gasteiger partial charge in [0.05, 0.1) is 33.5 Å². The van der Waals surface area contributed by atoms with Crippen LogP contribution >= 0.6 is 23.2 Å². The SMILES string of the molecule is O=C(N1CCC(CN=c2cc3n(-c4ccc(Cl)cc4)c4ccccc4nc-3cc2Nc2ccc(Cl)cc2)CC1)N1CC1. The molecule has 3 aliphatic heterocycles. The van der Waals surface area contributed by atoms with Crippen molar-refractivity contribution < 1.29 is 4.79 Å². The minimum atomic E-state index is 0.181. The maximum Gasteiger partial charge on any atom is 0.320 e. The van der Waals surface area contributed by atoms with Crippen LogP contribution in [-0.4, -0.2) is 58.1 Å². The molecule has 2 saturated heterocycles. The van der Waals surface area contributed by atoms with Crippen LogP contribution in [0.15, 0.2) is 89.9 Å². The summed E-state index contributed by atoms with van der Waals surface area (Å²) in [5, 5.41) is 5.79. The molecule has 0 saturated carbocycles. The summed E-state index contributed by atoms with van der Waals surface area (Å²) in [4.78, 5) is 26.6. The monoisotopic (exact) mass is 596 g/mol. The van der Waals surface area contributed by atoms with E-state index in [-0.39, 0.29) is 6.03 Å². The molecule has 3 aromatic rings. The summed E-state index contributed by atoms with van der Waals surface area (Å²) in [5.74, 6) is 0.417. The van der Waals surface area contributed by atoms with Crippen molar-refractivity contribution in [3.8, 4) is 17.1 Å². The van der Waals surface area contributed by atoms with Crippen LogP contribution in [0, 0.1) is 5.92 Å². The number of halogens is 2. The normalized spacial score (nSPS) is 15.9. The van der Waals surface area contributed by atoms with Gasteiger partial charge in [0.2, 0.25) is 0 Å². The Hall–Kier alpha value is -4.07. The summed E-state index contributed by atoms with van der Waals surface area (Å²) in [5.41, 5.74) is 6.49. The lowest BCUT2D eigenvalue weighted by Crippen LogP contribution is -2.41. The minimum Gasteiger partial charge on any atom is -0.354 e. The number of piperidine rings is 1. The lowest BCUT2D eigenvalue weighted by atomic mass is 9.97. The highest BCUT2D eigenvalue weighted by molar-refractivity contribution is 6.30. The largest absolute Gasteiger partial charge is 0.354 e. The third-order valence-corrected chi connectivity index (χ3v) is 8.53. The molecule has 42 heavy (non-hydrogen) atoms. The molecule has 7 rings (SSSR count). The van der Waals surface area contributed by atoms with Crippen LogP contribution in [0.3, 0.4) is 0 Å². The van der Waals surface area contributed by atoms with Crippen molar-refractivity contribution in [2.45, 2.75) is 12.8 Å². The third kappa shape index (κ3) is 5.54. The number of hydrogen-bond acceptors (Lipinski definition) is 4. The Morgan fingerprint density at radius 3 is 2.24 bits per heavy atom. The summed E-state index contributed by atoms with van der Waals surface area (Å²) in [6.45, 7) is 4.04. The highest BCUT2D eigenvalue weighted by Gasteiger charge is 2.31. The van der Waals surface area contributed by atoms with E-state index >= 15 is 0 Å². The summed E-state index contributed by atoms with van der Waals surface area (Å²) in [6, 6.07) is 28.1. The number of likely N-dealkylation sites (tertiary alicyclic amines) is 1. The number of urea groups is 1. The predicted octanol–water partition coefficient (Wildman–Crippen LogP) is 7.23. The zero-order chi connectivity index (χ0) is 28.6. The summed E-state index contributed by atoms with van der Waals surface area (Å²) < 4.78 is 2.22. The van der Waals surface area contributed by atoms with Crippen molar-refractivity contribution in [1.82, 2.24) is 19.4 Å². The fourth-order valence-electron chi connectivity index (χ4n) is 5.61. The van der Waals surface area contributed by atoms with Crippen LogP contribution in [0.25, 0.3) is 28.1 Å². The molecule has 212 valence electrons. The van der Waals surface area contributed by atoms with Gasteiger partial charge < -0.3 is 19.7 Å². The Bertz CT molecular complexity index is 1790. The smallest absolute Gasteiger partial charge is 0.320 e. The first-order valence-corrected chi connectivity index (χ1v) is 15.1. The van der Waals surface area contributed by atoms with E-state index in [1.165, 1.54) is 0 Å². The second kappa shape index (κ2) is 11.3. The second-order valence-corrected chi connectivity index (χ2v) is 11.8. The number of fused-ring (bicyclic) bond motifs is 2. The first-order chi connectivity index (χ1) is 20.5. The fraction of sp³-hybridized carbons (Fsp3) is 0.242. The maximum absolute atomic E-state index is 12.5. The van der Waals surface area contributed by atoms with Gasteiger partial charge in [0.1, 0.15) is 0 Å². The lowest BCUT2D eigenvalue weighted by molar-refractivity contribution is 0.160. The number of nitrogens with zero attached hydrogens (tertiary/aromatic N) is 5. The minimum absolute atomic E-state index is 0.181.